The highest BCUT2D eigenvalue weighted by Crippen LogP contribution is 2.34. The van der Waals surface area contributed by atoms with Crippen molar-refractivity contribution in [3.8, 4) is 0 Å². The maximum absolute atomic E-state index is 12.0. The van der Waals surface area contributed by atoms with Crippen LogP contribution in [0.3, 0.4) is 0 Å². The average molecular weight is 266 g/mol. The molecule has 2 N–H and O–H groups in total. The fourth-order valence-electron chi connectivity index (χ4n) is 2.55. The van der Waals surface area contributed by atoms with Gasteiger partial charge < -0.3 is 15.4 Å². The Morgan fingerprint density at radius 1 is 1.44 bits per heavy atom. The summed E-state index contributed by atoms with van der Waals surface area (Å²) >= 11 is 0. The van der Waals surface area contributed by atoms with Crippen LogP contribution in [-0.4, -0.2) is 42.9 Å². The largest absolute Gasteiger partial charge is 0.405 e. The topological polar surface area (TPSA) is 50.4 Å². The van der Waals surface area contributed by atoms with E-state index in [0.29, 0.717) is 0 Å². The van der Waals surface area contributed by atoms with Crippen LogP contribution in [0, 0.1) is 0 Å². The zero-order valence-corrected chi connectivity index (χ0v) is 10.1. The molecule has 0 aromatic rings. The minimum Gasteiger partial charge on any atom is -0.373 e. The number of fused-ring (bicyclic) bond motifs is 2. The van der Waals surface area contributed by atoms with Crippen molar-refractivity contribution in [1.29, 1.82) is 0 Å². The summed E-state index contributed by atoms with van der Waals surface area (Å²) in [5, 5.41) is 4.92. The lowest BCUT2D eigenvalue weighted by Crippen LogP contribution is -2.50. The van der Waals surface area contributed by atoms with Gasteiger partial charge in [-0.05, 0) is 26.2 Å². The molecule has 2 heterocycles. The molecule has 4 atom stereocenters. The number of carbonyl (C=O) groups excluding carboxylic acids is 1. The maximum Gasteiger partial charge on any atom is 0.405 e. The second-order valence-electron chi connectivity index (χ2n) is 4.94. The molecule has 0 saturated carbocycles. The van der Waals surface area contributed by atoms with Crippen LogP contribution >= 0.6 is 0 Å². The van der Waals surface area contributed by atoms with Gasteiger partial charge in [0.2, 0.25) is 5.91 Å². The Labute approximate surface area is 103 Å². The Hall–Kier alpha value is -0.820. The molecule has 18 heavy (non-hydrogen) atoms. The average Bonchev–Trinajstić information content (AvgIpc) is 2.86. The quantitative estimate of drug-likeness (QED) is 0.797. The number of carbonyl (C=O) groups is 1. The first-order valence-electron chi connectivity index (χ1n) is 6.11. The summed E-state index contributed by atoms with van der Waals surface area (Å²) in [5.41, 5.74) is 0. The highest BCUT2D eigenvalue weighted by atomic mass is 19.4. The molecule has 2 aliphatic heterocycles. The highest BCUT2D eigenvalue weighted by Gasteiger charge is 2.41. The van der Waals surface area contributed by atoms with Crippen LogP contribution in [0.15, 0.2) is 0 Å². The van der Waals surface area contributed by atoms with Crippen LogP contribution < -0.4 is 10.6 Å². The van der Waals surface area contributed by atoms with Crippen LogP contribution in [0.2, 0.25) is 0 Å². The Balaban J connectivity index is 1.74. The molecule has 104 valence electrons. The molecule has 2 bridgehead atoms. The Morgan fingerprint density at radius 3 is 2.67 bits per heavy atom. The van der Waals surface area contributed by atoms with E-state index in [1.54, 1.807) is 6.92 Å². The van der Waals surface area contributed by atoms with Gasteiger partial charge in [-0.3, -0.25) is 4.79 Å². The van der Waals surface area contributed by atoms with E-state index >= 15 is 0 Å². The zero-order chi connectivity index (χ0) is 13.3. The minimum atomic E-state index is -4.37. The first kappa shape index (κ1) is 13.6. The summed E-state index contributed by atoms with van der Waals surface area (Å²) < 4.78 is 41.5. The second kappa shape index (κ2) is 5.05. The summed E-state index contributed by atoms with van der Waals surface area (Å²) in [5.74, 6) is -0.630. The molecule has 0 aromatic carbocycles. The standard InChI is InChI=1S/C11H17F3N2O2/c1-6(10(17)15-5-11(12,13)14)16-8-4-7-2-3-9(8)18-7/h6-9,16H,2-5H2,1H3,(H,15,17). The third-order valence-corrected chi connectivity index (χ3v) is 3.43. The molecule has 4 nitrogen and oxygen atoms in total. The maximum atomic E-state index is 12.0. The molecule has 0 spiro atoms. The molecule has 2 aliphatic rings. The highest BCUT2D eigenvalue weighted by molar-refractivity contribution is 5.81. The number of amides is 1. The van der Waals surface area contributed by atoms with Gasteiger partial charge in [-0.1, -0.05) is 0 Å². The van der Waals surface area contributed by atoms with Crippen molar-refractivity contribution in [2.75, 3.05) is 6.54 Å². The van der Waals surface area contributed by atoms with Crippen molar-refractivity contribution >= 4 is 5.91 Å². The van der Waals surface area contributed by atoms with Gasteiger partial charge in [0.25, 0.3) is 0 Å². The molecule has 0 aromatic heterocycles. The lowest BCUT2D eigenvalue weighted by molar-refractivity contribution is -0.139. The van der Waals surface area contributed by atoms with Gasteiger partial charge in [0, 0.05) is 6.04 Å². The monoisotopic (exact) mass is 266 g/mol. The molecular weight excluding hydrogens is 249 g/mol. The number of nitrogens with one attached hydrogen (secondary N) is 2. The fraction of sp³-hybridized carbons (Fsp3) is 0.909. The van der Waals surface area contributed by atoms with Crippen molar-refractivity contribution in [3.63, 3.8) is 0 Å². The van der Waals surface area contributed by atoms with E-state index in [4.69, 9.17) is 4.74 Å². The van der Waals surface area contributed by atoms with Crippen molar-refractivity contribution in [3.05, 3.63) is 0 Å². The number of hydrogen-bond acceptors (Lipinski definition) is 3. The Bertz CT molecular complexity index is 322. The van der Waals surface area contributed by atoms with Crippen molar-refractivity contribution in [1.82, 2.24) is 10.6 Å². The molecule has 2 saturated heterocycles. The molecule has 1 amide bonds. The SMILES string of the molecule is CC(NC1CC2CCC1O2)C(=O)NCC(F)(F)F. The summed E-state index contributed by atoms with van der Waals surface area (Å²) in [4.78, 5) is 11.5. The molecule has 7 heteroatoms. The van der Waals surface area contributed by atoms with Gasteiger partial charge in [-0.15, -0.1) is 0 Å². The summed E-state index contributed by atoms with van der Waals surface area (Å²) in [6.07, 6.45) is -1.19. The minimum absolute atomic E-state index is 0.0791. The van der Waals surface area contributed by atoms with Gasteiger partial charge in [0.15, 0.2) is 0 Å². The normalized spacial score (nSPS) is 32.6. The second-order valence-corrected chi connectivity index (χ2v) is 4.94. The molecule has 2 fully saturated rings. The third-order valence-electron chi connectivity index (χ3n) is 3.43. The first-order valence-corrected chi connectivity index (χ1v) is 6.11. The lowest BCUT2D eigenvalue weighted by atomic mass is 9.95. The van der Waals surface area contributed by atoms with Gasteiger partial charge in [-0.25, -0.2) is 0 Å². The van der Waals surface area contributed by atoms with E-state index in [2.05, 4.69) is 5.32 Å². The van der Waals surface area contributed by atoms with Crippen LogP contribution in [-0.2, 0) is 9.53 Å². The summed E-state index contributed by atoms with van der Waals surface area (Å²) in [6.45, 7) is 0.281. The van der Waals surface area contributed by atoms with E-state index in [9.17, 15) is 18.0 Å². The predicted octanol–water partition coefficient (Wildman–Crippen LogP) is 0.963. The molecule has 2 rings (SSSR count). The van der Waals surface area contributed by atoms with Crippen LogP contribution in [0.1, 0.15) is 26.2 Å². The smallest absolute Gasteiger partial charge is 0.373 e. The van der Waals surface area contributed by atoms with E-state index in [1.165, 1.54) is 0 Å². The van der Waals surface area contributed by atoms with Gasteiger partial charge in [-0.2, -0.15) is 13.2 Å². The first-order chi connectivity index (χ1) is 8.35. The van der Waals surface area contributed by atoms with E-state index in [0.717, 1.165) is 19.3 Å². The van der Waals surface area contributed by atoms with E-state index in [1.807, 2.05) is 5.32 Å². The number of alkyl halides is 3. The van der Waals surface area contributed by atoms with Crippen molar-refractivity contribution in [2.45, 2.75) is 56.7 Å². The number of rotatable bonds is 4. The van der Waals surface area contributed by atoms with Crippen LogP contribution in [0.25, 0.3) is 0 Å². The van der Waals surface area contributed by atoms with E-state index in [-0.39, 0.29) is 18.2 Å². The van der Waals surface area contributed by atoms with Crippen LogP contribution in [0.5, 0.6) is 0 Å². The van der Waals surface area contributed by atoms with Gasteiger partial charge >= 0.3 is 6.18 Å². The lowest BCUT2D eigenvalue weighted by Gasteiger charge is -2.24. The Kier molecular flexibility index (Phi) is 3.82. The number of ether oxygens (including phenoxy) is 1. The number of hydrogen-bond donors (Lipinski definition) is 2. The van der Waals surface area contributed by atoms with Gasteiger partial charge in [0.1, 0.15) is 6.54 Å². The van der Waals surface area contributed by atoms with Crippen molar-refractivity contribution in [2.24, 2.45) is 0 Å². The molecule has 4 unspecified atom stereocenters. The van der Waals surface area contributed by atoms with Gasteiger partial charge in [0.05, 0.1) is 18.2 Å². The van der Waals surface area contributed by atoms with E-state index < -0.39 is 24.7 Å². The van der Waals surface area contributed by atoms with Crippen molar-refractivity contribution < 1.29 is 22.7 Å². The van der Waals surface area contributed by atoms with Crippen LogP contribution in [0.4, 0.5) is 13.2 Å². The molecule has 0 aliphatic carbocycles. The number of halogens is 3. The fourth-order valence-corrected chi connectivity index (χ4v) is 2.55. The predicted molar refractivity (Wildman–Crippen MR) is 58.0 cm³/mol. The Morgan fingerprint density at radius 2 is 2.17 bits per heavy atom. The molecule has 0 radical (unpaired) electrons. The summed E-state index contributed by atoms with van der Waals surface area (Å²) in [6, 6.07) is -0.560. The zero-order valence-electron chi connectivity index (χ0n) is 10.1. The summed E-state index contributed by atoms with van der Waals surface area (Å²) in [7, 11) is 0. The third kappa shape index (κ3) is 3.35. The molecular formula is C11H17F3N2O2.